The van der Waals surface area contributed by atoms with Crippen molar-refractivity contribution in [2.24, 2.45) is 5.41 Å². The van der Waals surface area contributed by atoms with E-state index >= 15 is 0 Å². The van der Waals surface area contributed by atoms with Crippen molar-refractivity contribution in [3.05, 3.63) is 77.5 Å². The van der Waals surface area contributed by atoms with Gasteiger partial charge in [0.05, 0.1) is 22.4 Å². The van der Waals surface area contributed by atoms with Gasteiger partial charge in [0.15, 0.2) is 0 Å². The van der Waals surface area contributed by atoms with Gasteiger partial charge in [-0.15, -0.1) is 0 Å². The third-order valence-electron chi connectivity index (χ3n) is 7.62. The Morgan fingerprint density at radius 3 is 2.76 bits per heavy atom. The third-order valence-corrected chi connectivity index (χ3v) is 7.92. The van der Waals surface area contributed by atoms with Crippen LogP contribution in [-0.4, -0.2) is 33.7 Å². The van der Waals surface area contributed by atoms with Crippen molar-refractivity contribution in [3.63, 3.8) is 0 Å². The molecule has 174 valence electrons. The molecular weight excluding hydrogens is 449 g/mol. The normalized spacial score (nSPS) is 19.3. The Kier molecular flexibility index (Phi) is 5.50. The fourth-order valence-electron chi connectivity index (χ4n) is 5.54. The molecule has 2 N–H and O–H groups in total. The van der Waals surface area contributed by atoms with Gasteiger partial charge in [-0.2, -0.15) is 0 Å². The molecule has 1 saturated carbocycles. The Labute approximate surface area is 203 Å². The van der Waals surface area contributed by atoms with Gasteiger partial charge in [-0.3, -0.25) is 0 Å². The number of nitrogens with one attached hydrogen (secondary N) is 2. The van der Waals surface area contributed by atoms with E-state index in [2.05, 4.69) is 32.7 Å². The molecule has 0 radical (unpaired) electrons. The summed E-state index contributed by atoms with van der Waals surface area (Å²) in [7, 11) is 0. The first-order chi connectivity index (χ1) is 16.6. The standard InChI is InChI=1S/C27H27ClFN5/c28-22-15-31-26(33-25-6-7-27(25)8-10-30-11-9-27)14-21(22)19-4-5-23-24(13-19)34(17-32-23)16-18-2-1-3-20(29)12-18/h1-5,12-15,17,25,30H,6-11,16H2,(H,31,33). The van der Waals surface area contributed by atoms with Crippen LogP contribution in [0, 0.1) is 11.2 Å². The van der Waals surface area contributed by atoms with Crippen LogP contribution in [-0.2, 0) is 6.54 Å². The zero-order valence-electron chi connectivity index (χ0n) is 18.9. The summed E-state index contributed by atoms with van der Waals surface area (Å²) in [6, 6.07) is 15.4. The number of rotatable bonds is 5. The molecule has 5 nitrogen and oxygen atoms in total. The molecule has 1 unspecified atom stereocenters. The number of anilines is 1. The zero-order valence-corrected chi connectivity index (χ0v) is 19.7. The molecule has 1 aliphatic heterocycles. The number of hydrogen-bond donors (Lipinski definition) is 2. The van der Waals surface area contributed by atoms with E-state index in [1.807, 2.05) is 22.8 Å². The van der Waals surface area contributed by atoms with Gasteiger partial charge in [0.1, 0.15) is 11.6 Å². The smallest absolute Gasteiger partial charge is 0.126 e. The van der Waals surface area contributed by atoms with Crippen molar-refractivity contribution < 1.29 is 4.39 Å². The molecule has 6 rings (SSSR count). The average molecular weight is 476 g/mol. The largest absolute Gasteiger partial charge is 0.367 e. The molecule has 1 aliphatic carbocycles. The van der Waals surface area contributed by atoms with Crippen LogP contribution in [0.1, 0.15) is 31.2 Å². The predicted octanol–water partition coefficient (Wildman–Crippen LogP) is 5.88. The SMILES string of the molecule is Fc1cccc(Cn2cnc3ccc(-c4cc(NC5CCC56CCNCC6)ncc4Cl)cc32)c1. The van der Waals surface area contributed by atoms with Crippen LogP contribution in [0.3, 0.4) is 0 Å². The highest BCUT2D eigenvalue weighted by Crippen LogP contribution is 2.49. The quantitative estimate of drug-likeness (QED) is 0.378. The van der Waals surface area contributed by atoms with E-state index in [0.717, 1.165) is 46.6 Å². The summed E-state index contributed by atoms with van der Waals surface area (Å²) >= 11 is 6.61. The number of halogens is 2. The fourth-order valence-corrected chi connectivity index (χ4v) is 5.76. The van der Waals surface area contributed by atoms with Gasteiger partial charge in [-0.1, -0.05) is 29.8 Å². The van der Waals surface area contributed by atoms with E-state index in [9.17, 15) is 4.39 Å². The number of imidazole rings is 1. The highest BCUT2D eigenvalue weighted by atomic mass is 35.5. The topological polar surface area (TPSA) is 54.8 Å². The highest BCUT2D eigenvalue weighted by Gasteiger charge is 2.47. The van der Waals surface area contributed by atoms with Crippen LogP contribution in [0.2, 0.25) is 5.02 Å². The fraction of sp³-hybridized carbons (Fsp3) is 0.333. The summed E-state index contributed by atoms with van der Waals surface area (Å²) in [5, 5.41) is 7.80. The van der Waals surface area contributed by atoms with E-state index in [1.165, 1.54) is 31.7 Å². The monoisotopic (exact) mass is 475 g/mol. The van der Waals surface area contributed by atoms with Crippen molar-refractivity contribution in [2.45, 2.75) is 38.3 Å². The van der Waals surface area contributed by atoms with Crippen molar-refractivity contribution >= 4 is 28.5 Å². The molecule has 2 aromatic carbocycles. The lowest BCUT2D eigenvalue weighted by Gasteiger charge is -2.52. The molecule has 2 fully saturated rings. The van der Waals surface area contributed by atoms with Crippen molar-refractivity contribution in [1.82, 2.24) is 19.9 Å². The number of pyridine rings is 1. The summed E-state index contributed by atoms with van der Waals surface area (Å²) in [6.45, 7) is 2.74. The van der Waals surface area contributed by atoms with E-state index in [1.54, 1.807) is 24.7 Å². The maximum Gasteiger partial charge on any atom is 0.126 e. The maximum atomic E-state index is 13.7. The van der Waals surface area contributed by atoms with Crippen LogP contribution >= 0.6 is 11.6 Å². The van der Waals surface area contributed by atoms with E-state index in [-0.39, 0.29) is 5.82 Å². The van der Waals surface area contributed by atoms with Gasteiger partial charge < -0.3 is 15.2 Å². The Balaban J connectivity index is 1.29. The van der Waals surface area contributed by atoms with Crippen molar-refractivity contribution in [1.29, 1.82) is 0 Å². The second kappa shape index (κ2) is 8.67. The zero-order chi connectivity index (χ0) is 23.1. The average Bonchev–Trinajstić information content (AvgIpc) is 3.25. The number of fused-ring (bicyclic) bond motifs is 1. The van der Waals surface area contributed by atoms with Crippen LogP contribution in [0.5, 0.6) is 0 Å². The summed E-state index contributed by atoms with van der Waals surface area (Å²) in [5.41, 5.74) is 5.12. The summed E-state index contributed by atoms with van der Waals surface area (Å²) in [5.74, 6) is 0.638. The maximum absolute atomic E-state index is 13.7. The van der Waals surface area contributed by atoms with E-state index in [4.69, 9.17) is 11.6 Å². The lowest BCUT2D eigenvalue weighted by Crippen LogP contribution is -2.54. The Morgan fingerprint density at radius 1 is 1.09 bits per heavy atom. The minimum Gasteiger partial charge on any atom is -0.367 e. The molecule has 0 bridgehead atoms. The first-order valence-electron chi connectivity index (χ1n) is 11.9. The molecular formula is C27H27ClFN5. The van der Waals surface area contributed by atoms with Crippen LogP contribution in [0.15, 0.2) is 61.1 Å². The van der Waals surface area contributed by atoms with Crippen molar-refractivity contribution in [2.75, 3.05) is 18.4 Å². The molecule has 1 spiro atoms. The van der Waals surface area contributed by atoms with E-state index in [0.29, 0.717) is 23.0 Å². The molecule has 4 aromatic rings. The Hall–Kier alpha value is -2.96. The van der Waals surface area contributed by atoms with Gasteiger partial charge >= 0.3 is 0 Å². The van der Waals surface area contributed by atoms with Gasteiger partial charge in [0.2, 0.25) is 0 Å². The van der Waals surface area contributed by atoms with Gasteiger partial charge in [0, 0.05) is 24.3 Å². The molecule has 34 heavy (non-hydrogen) atoms. The number of nitrogens with zero attached hydrogens (tertiary/aromatic N) is 3. The highest BCUT2D eigenvalue weighted by molar-refractivity contribution is 6.33. The molecule has 3 heterocycles. The van der Waals surface area contributed by atoms with Gasteiger partial charge in [-0.05, 0) is 85.6 Å². The minimum atomic E-state index is -0.232. The first-order valence-corrected chi connectivity index (χ1v) is 12.3. The van der Waals surface area contributed by atoms with E-state index < -0.39 is 0 Å². The summed E-state index contributed by atoms with van der Waals surface area (Å²) in [6.07, 6.45) is 8.45. The van der Waals surface area contributed by atoms with Crippen LogP contribution < -0.4 is 10.6 Å². The predicted molar refractivity (Wildman–Crippen MR) is 135 cm³/mol. The molecule has 0 amide bonds. The van der Waals surface area contributed by atoms with Crippen molar-refractivity contribution in [3.8, 4) is 11.1 Å². The number of benzene rings is 2. The Morgan fingerprint density at radius 2 is 1.97 bits per heavy atom. The summed E-state index contributed by atoms with van der Waals surface area (Å²) < 4.78 is 15.7. The number of piperidine rings is 1. The van der Waals surface area contributed by atoms with Gasteiger partial charge in [0.25, 0.3) is 0 Å². The molecule has 7 heteroatoms. The molecule has 2 aliphatic rings. The third kappa shape index (κ3) is 3.95. The second-order valence-electron chi connectivity index (χ2n) is 9.60. The lowest BCUT2D eigenvalue weighted by atomic mass is 9.59. The molecule has 1 atom stereocenters. The molecule has 1 saturated heterocycles. The molecule has 2 aromatic heterocycles. The first kappa shape index (κ1) is 21.6. The lowest BCUT2D eigenvalue weighted by molar-refractivity contribution is 0.0652. The summed E-state index contributed by atoms with van der Waals surface area (Å²) in [4.78, 5) is 9.11. The minimum absolute atomic E-state index is 0.232. The Bertz CT molecular complexity index is 1340. The number of aromatic nitrogens is 3. The van der Waals surface area contributed by atoms with Crippen LogP contribution in [0.4, 0.5) is 10.2 Å². The van der Waals surface area contributed by atoms with Crippen LogP contribution in [0.25, 0.3) is 22.2 Å². The van der Waals surface area contributed by atoms with Gasteiger partial charge in [-0.25, -0.2) is 14.4 Å². The second-order valence-corrected chi connectivity index (χ2v) is 10.0. The number of hydrogen-bond acceptors (Lipinski definition) is 4.